The van der Waals surface area contributed by atoms with Crippen LogP contribution in [0.15, 0.2) is 17.3 Å². The first-order chi connectivity index (χ1) is 7.08. The summed E-state index contributed by atoms with van der Waals surface area (Å²) in [7, 11) is -3.45. The van der Waals surface area contributed by atoms with E-state index in [-0.39, 0.29) is 10.6 Å². The average Bonchev–Trinajstić information content (AvgIpc) is 2.64. The van der Waals surface area contributed by atoms with E-state index in [9.17, 15) is 8.42 Å². The summed E-state index contributed by atoms with van der Waals surface area (Å²) in [6.45, 7) is 0. The van der Waals surface area contributed by atoms with Gasteiger partial charge in [0.25, 0.3) is 10.0 Å². The number of rotatable bonds is 4. The minimum absolute atomic E-state index is 0.120. The fourth-order valence-electron chi connectivity index (χ4n) is 1.60. The van der Waals surface area contributed by atoms with Crippen LogP contribution in [0.1, 0.15) is 19.3 Å². The van der Waals surface area contributed by atoms with Gasteiger partial charge < -0.3 is 0 Å². The Morgan fingerprint density at radius 2 is 2.33 bits per heavy atom. The summed E-state index contributed by atoms with van der Waals surface area (Å²) in [6, 6.07) is 1.45. The molecular formula is C8H12BrN3O2S. The van der Waals surface area contributed by atoms with Crippen molar-refractivity contribution >= 4 is 26.0 Å². The highest BCUT2D eigenvalue weighted by Crippen LogP contribution is 2.34. The fraction of sp³-hybridized carbons (Fsp3) is 0.625. The van der Waals surface area contributed by atoms with Gasteiger partial charge in [-0.15, -0.1) is 0 Å². The summed E-state index contributed by atoms with van der Waals surface area (Å²) in [4.78, 5) is 0. The highest BCUT2D eigenvalue weighted by atomic mass is 79.9. The van der Waals surface area contributed by atoms with E-state index in [0.29, 0.717) is 5.33 Å². The Balaban J connectivity index is 2.18. The molecule has 1 saturated carbocycles. The topological polar surface area (TPSA) is 74.8 Å². The minimum Gasteiger partial charge on any atom is -0.266 e. The Morgan fingerprint density at radius 1 is 1.60 bits per heavy atom. The number of hydrogen-bond acceptors (Lipinski definition) is 3. The molecule has 1 aromatic heterocycles. The SMILES string of the molecule is O=S(=O)(NC1(CBr)CCC1)c1ccn[nH]1. The van der Waals surface area contributed by atoms with Gasteiger partial charge in [0.15, 0.2) is 5.03 Å². The predicted octanol–water partition coefficient (Wildman–Crippen LogP) is 1.01. The minimum atomic E-state index is -3.45. The largest absolute Gasteiger partial charge is 0.266 e. The number of aromatic amines is 1. The molecule has 1 fully saturated rings. The van der Waals surface area contributed by atoms with Crippen LogP contribution < -0.4 is 4.72 Å². The summed E-state index contributed by atoms with van der Waals surface area (Å²) in [5, 5.41) is 6.86. The molecule has 84 valence electrons. The number of aromatic nitrogens is 2. The molecule has 0 unspecified atom stereocenters. The van der Waals surface area contributed by atoms with Crippen LogP contribution in [0.5, 0.6) is 0 Å². The van der Waals surface area contributed by atoms with Crippen molar-refractivity contribution in [1.29, 1.82) is 0 Å². The van der Waals surface area contributed by atoms with Crippen molar-refractivity contribution in [3.63, 3.8) is 0 Å². The third kappa shape index (κ3) is 2.09. The summed E-state index contributed by atoms with van der Waals surface area (Å²) in [5.74, 6) is 0. The molecule has 1 aliphatic rings. The van der Waals surface area contributed by atoms with E-state index in [0.717, 1.165) is 19.3 Å². The molecule has 0 atom stereocenters. The van der Waals surface area contributed by atoms with Crippen molar-refractivity contribution in [3.05, 3.63) is 12.3 Å². The van der Waals surface area contributed by atoms with Gasteiger partial charge in [-0.2, -0.15) is 5.10 Å². The number of hydrogen-bond donors (Lipinski definition) is 2. The molecule has 7 heteroatoms. The number of H-pyrrole nitrogens is 1. The Bertz CT molecular complexity index is 419. The van der Waals surface area contributed by atoms with Gasteiger partial charge in [0, 0.05) is 10.9 Å². The van der Waals surface area contributed by atoms with Crippen LogP contribution in [0, 0.1) is 0 Å². The van der Waals surface area contributed by atoms with Crippen LogP contribution in [0.4, 0.5) is 0 Å². The van der Waals surface area contributed by atoms with E-state index >= 15 is 0 Å². The summed E-state index contributed by atoms with van der Waals surface area (Å²) < 4.78 is 26.4. The third-order valence-corrected chi connectivity index (χ3v) is 5.26. The average molecular weight is 294 g/mol. The van der Waals surface area contributed by atoms with Gasteiger partial charge in [0.1, 0.15) is 0 Å². The summed E-state index contributed by atoms with van der Waals surface area (Å²) in [5.41, 5.74) is -0.302. The first-order valence-corrected chi connectivity index (χ1v) is 7.28. The van der Waals surface area contributed by atoms with Gasteiger partial charge in [-0.05, 0) is 25.3 Å². The molecule has 15 heavy (non-hydrogen) atoms. The summed E-state index contributed by atoms with van der Waals surface area (Å²) in [6.07, 6.45) is 4.25. The molecule has 2 N–H and O–H groups in total. The van der Waals surface area contributed by atoms with Gasteiger partial charge in [-0.3, -0.25) is 5.10 Å². The van der Waals surface area contributed by atoms with E-state index in [4.69, 9.17) is 0 Å². The maximum absolute atomic E-state index is 11.9. The van der Waals surface area contributed by atoms with E-state index in [1.165, 1.54) is 12.3 Å². The van der Waals surface area contributed by atoms with Gasteiger partial charge >= 0.3 is 0 Å². The van der Waals surface area contributed by atoms with Crippen molar-refractivity contribution in [2.24, 2.45) is 0 Å². The highest BCUT2D eigenvalue weighted by Gasteiger charge is 2.40. The number of sulfonamides is 1. The van der Waals surface area contributed by atoms with Gasteiger partial charge in [-0.25, -0.2) is 13.1 Å². The molecule has 0 aliphatic heterocycles. The van der Waals surface area contributed by atoms with E-state index < -0.39 is 10.0 Å². The van der Waals surface area contributed by atoms with E-state index in [2.05, 4.69) is 30.8 Å². The second-order valence-electron chi connectivity index (χ2n) is 3.79. The van der Waals surface area contributed by atoms with Crippen molar-refractivity contribution in [3.8, 4) is 0 Å². The zero-order valence-electron chi connectivity index (χ0n) is 8.03. The molecule has 2 rings (SSSR count). The normalized spacial score (nSPS) is 19.8. The number of nitrogens with zero attached hydrogens (tertiary/aromatic N) is 1. The molecule has 5 nitrogen and oxygen atoms in total. The Kier molecular flexibility index (Phi) is 2.87. The van der Waals surface area contributed by atoms with Crippen LogP contribution in [-0.4, -0.2) is 29.5 Å². The molecule has 0 bridgehead atoms. The first kappa shape index (κ1) is 11.1. The molecule has 0 saturated heterocycles. The molecule has 0 radical (unpaired) electrons. The Hall–Kier alpha value is -0.400. The lowest BCUT2D eigenvalue weighted by atomic mass is 9.80. The molecule has 0 aromatic carbocycles. The smallest absolute Gasteiger partial charge is 0.257 e. The lowest BCUT2D eigenvalue weighted by molar-refractivity contribution is 0.256. The second-order valence-corrected chi connectivity index (χ2v) is 6.01. The lowest BCUT2D eigenvalue weighted by Gasteiger charge is -2.40. The van der Waals surface area contributed by atoms with E-state index in [1.807, 2.05) is 0 Å². The Labute approximate surface area is 96.8 Å². The van der Waals surface area contributed by atoms with Crippen molar-refractivity contribution in [1.82, 2.24) is 14.9 Å². The quantitative estimate of drug-likeness (QED) is 0.814. The fourth-order valence-corrected chi connectivity index (χ4v) is 3.86. The molecule has 1 aliphatic carbocycles. The van der Waals surface area contributed by atoms with Gasteiger partial charge in [0.2, 0.25) is 0 Å². The zero-order valence-corrected chi connectivity index (χ0v) is 10.4. The Morgan fingerprint density at radius 3 is 2.73 bits per heavy atom. The van der Waals surface area contributed by atoms with Crippen LogP contribution in [0.2, 0.25) is 0 Å². The summed E-state index contributed by atoms with van der Waals surface area (Å²) >= 11 is 3.35. The number of alkyl halides is 1. The van der Waals surface area contributed by atoms with Crippen LogP contribution in [0.25, 0.3) is 0 Å². The third-order valence-electron chi connectivity index (χ3n) is 2.68. The predicted molar refractivity (Wildman–Crippen MR) is 59.3 cm³/mol. The second kappa shape index (κ2) is 3.88. The zero-order chi connectivity index (χ0) is 10.9. The van der Waals surface area contributed by atoms with Crippen molar-refractivity contribution < 1.29 is 8.42 Å². The molecule has 1 aromatic rings. The van der Waals surface area contributed by atoms with E-state index in [1.54, 1.807) is 0 Å². The van der Waals surface area contributed by atoms with Crippen molar-refractivity contribution in [2.75, 3.05) is 5.33 Å². The van der Waals surface area contributed by atoms with Crippen molar-refractivity contribution in [2.45, 2.75) is 29.8 Å². The van der Waals surface area contributed by atoms with Crippen LogP contribution >= 0.6 is 15.9 Å². The first-order valence-electron chi connectivity index (χ1n) is 4.67. The van der Waals surface area contributed by atoms with Crippen LogP contribution in [0.3, 0.4) is 0 Å². The number of nitrogens with one attached hydrogen (secondary N) is 2. The van der Waals surface area contributed by atoms with Gasteiger partial charge in [0.05, 0.1) is 6.20 Å². The lowest BCUT2D eigenvalue weighted by Crippen LogP contribution is -2.54. The molecule has 0 spiro atoms. The molecule has 0 amide bonds. The maximum atomic E-state index is 11.9. The van der Waals surface area contributed by atoms with Gasteiger partial charge in [-0.1, -0.05) is 15.9 Å². The standard InChI is InChI=1S/C8H12BrN3O2S/c9-6-8(3-1-4-8)12-15(13,14)7-2-5-10-11-7/h2,5,12H,1,3-4,6H2,(H,10,11). The molecule has 1 heterocycles. The molecular weight excluding hydrogens is 282 g/mol. The monoisotopic (exact) mass is 293 g/mol. The number of halogens is 1. The maximum Gasteiger partial charge on any atom is 0.257 e. The van der Waals surface area contributed by atoms with Crippen LogP contribution in [-0.2, 0) is 10.0 Å². The highest BCUT2D eigenvalue weighted by molar-refractivity contribution is 9.09.